The van der Waals surface area contributed by atoms with Crippen molar-refractivity contribution in [3.63, 3.8) is 0 Å². The van der Waals surface area contributed by atoms with Crippen molar-refractivity contribution in [1.82, 2.24) is 19.4 Å². The molecule has 5 aromatic rings. The first-order valence-corrected chi connectivity index (χ1v) is 16.3. The molecule has 0 saturated heterocycles. The highest BCUT2D eigenvalue weighted by atomic mass is 19.4. The van der Waals surface area contributed by atoms with Gasteiger partial charge in [-0.15, -0.1) is 0 Å². The summed E-state index contributed by atoms with van der Waals surface area (Å²) in [6.07, 6.45) is -3.65. The second-order valence-corrected chi connectivity index (χ2v) is 11.9. The molecule has 0 saturated carbocycles. The van der Waals surface area contributed by atoms with Crippen LogP contribution in [0.15, 0.2) is 95.8 Å². The van der Waals surface area contributed by atoms with E-state index in [1.807, 2.05) is 30.3 Å². The number of benzene rings is 4. The maximum absolute atomic E-state index is 14.2. The summed E-state index contributed by atoms with van der Waals surface area (Å²) < 4.78 is 54.7. The van der Waals surface area contributed by atoms with Crippen LogP contribution in [0.2, 0.25) is 0 Å². The van der Waals surface area contributed by atoms with Gasteiger partial charge in [-0.05, 0) is 78.2 Å². The van der Waals surface area contributed by atoms with Crippen LogP contribution in [-0.4, -0.2) is 51.4 Å². The number of carbonyl (C=O) groups is 1. The number of nitrogens with zero attached hydrogens (tertiary/aromatic N) is 4. The lowest BCUT2D eigenvalue weighted by Crippen LogP contribution is -2.40. The van der Waals surface area contributed by atoms with Crippen molar-refractivity contribution in [3.8, 4) is 11.1 Å². The number of rotatable bonds is 13. The molecule has 0 spiro atoms. The van der Waals surface area contributed by atoms with Crippen molar-refractivity contribution in [3.05, 3.63) is 130 Å². The van der Waals surface area contributed by atoms with Gasteiger partial charge in [-0.1, -0.05) is 68.4 Å². The molecule has 0 aliphatic rings. The summed E-state index contributed by atoms with van der Waals surface area (Å²) in [5.41, 5.74) is 8.36. The number of nitrogen functional groups attached to an aromatic ring is 1. The first kappa shape index (κ1) is 35.3. The minimum atomic E-state index is -4.40. The third-order valence-electron chi connectivity index (χ3n) is 8.76. The smallest absolute Gasteiger partial charge is 0.396 e. The zero-order valence-electron chi connectivity index (χ0n) is 27.5. The van der Waals surface area contributed by atoms with Crippen molar-refractivity contribution in [1.29, 1.82) is 0 Å². The number of carbonyl (C=O) groups excluding carboxylic acids is 1. The Balaban J connectivity index is 1.41. The minimum absolute atomic E-state index is 0.0350. The predicted octanol–water partition coefficient (Wildman–Crippen LogP) is 6.96. The standard InChI is InChI=1S/C38H39F4N5O2/c1-3-45(4-2)21-22-46(24-27-9-13-28(14-10-27)29-15-17-30(18-16-29)38(40,41)42)36(48)25-47-34-8-6-5-7-31(34)37(49)44-35(47)20-12-26-11-19-32(39)33(43)23-26/h5-11,13-19,23H,3-4,12,20-22,24-25,43H2,1-2H3. The van der Waals surface area contributed by atoms with Gasteiger partial charge in [0.25, 0.3) is 5.56 Å². The first-order chi connectivity index (χ1) is 23.5. The van der Waals surface area contributed by atoms with E-state index in [9.17, 15) is 27.2 Å². The molecule has 1 aromatic heterocycles. The van der Waals surface area contributed by atoms with Crippen molar-refractivity contribution in [2.45, 2.75) is 46.0 Å². The Morgan fingerprint density at radius 1 is 0.837 bits per heavy atom. The molecule has 0 fully saturated rings. The zero-order chi connectivity index (χ0) is 35.1. The van der Waals surface area contributed by atoms with Crippen LogP contribution in [0.1, 0.15) is 36.4 Å². The van der Waals surface area contributed by atoms with Gasteiger partial charge in [0, 0.05) is 26.1 Å². The Morgan fingerprint density at radius 2 is 1.47 bits per heavy atom. The fourth-order valence-electron chi connectivity index (χ4n) is 5.84. The summed E-state index contributed by atoms with van der Waals surface area (Å²) in [5, 5.41) is 0.402. The molecule has 0 aliphatic carbocycles. The number of alkyl halides is 3. The quantitative estimate of drug-likeness (QED) is 0.108. The number of hydrogen-bond acceptors (Lipinski definition) is 5. The van der Waals surface area contributed by atoms with E-state index in [-0.39, 0.29) is 23.7 Å². The normalized spacial score (nSPS) is 11.7. The highest BCUT2D eigenvalue weighted by molar-refractivity contribution is 5.82. The maximum atomic E-state index is 14.2. The van der Waals surface area contributed by atoms with Gasteiger partial charge in [-0.25, -0.2) is 4.39 Å². The van der Waals surface area contributed by atoms with Gasteiger partial charge in [-0.2, -0.15) is 18.2 Å². The summed E-state index contributed by atoms with van der Waals surface area (Å²) in [5.74, 6) is -0.236. The van der Waals surface area contributed by atoms with Crippen LogP contribution in [-0.2, 0) is 36.9 Å². The SMILES string of the molecule is CCN(CC)CCN(Cc1ccc(-c2ccc(C(F)(F)F)cc2)cc1)C(=O)Cn1c(CCc2ccc(F)c(N)c2)nc(=O)c2ccccc21. The molecule has 7 nitrogen and oxygen atoms in total. The lowest BCUT2D eigenvalue weighted by atomic mass is 10.0. The Hall–Kier alpha value is -5.03. The minimum Gasteiger partial charge on any atom is -0.396 e. The number of aromatic nitrogens is 2. The molecule has 256 valence electrons. The van der Waals surface area contributed by atoms with Crippen LogP contribution in [0.3, 0.4) is 0 Å². The highest BCUT2D eigenvalue weighted by Gasteiger charge is 2.30. The molecular weight excluding hydrogens is 634 g/mol. The van der Waals surface area contributed by atoms with Gasteiger partial charge < -0.3 is 20.1 Å². The fourth-order valence-corrected chi connectivity index (χ4v) is 5.84. The number of halogens is 4. The molecule has 2 N–H and O–H groups in total. The Labute approximate surface area is 282 Å². The lowest BCUT2D eigenvalue weighted by molar-refractivity contribution is -0.137. The number of amides is 1. The third kappa shape index (κ3) is 8.72. The topological polar surface area (TPSA) is 84.5 Å². The van der Waals surface area contributed by atoms with Crippen molar-refractivity contribution in [2.75, 3.05) is 31.9 Å². The zero-order valence-corrected chi connectivity index (χ0v) is 27.5. The van der Waals surface area contributed by atoms with Crippen LogP contribution >= 0.6 is 0 Å². The molecular formula is C38H39F4N5O2. The number of para-hydroxylation sites is 1. The first-order valence-electron chi connectivity index (χ1n) is 16.3. The predicted molar refractivity (Wildman–Crippen MR) is 184 cm³/mol. The van der Waals surface area contributed by atoms with Gasteiger partial charge in [0.2, 0.25) is 5.91 Å². The third-order valence-corrected chi connectivity index (χ3v) is 8.76. The lowest BCUT2D eigenvalue weighted by Gasteiger charge is -2.28. The molecule has 0 unspecified atom stereocenters. The van der Waals surface area contributed by atoms with Gasteiger partial charge in [0.05, 0.1) is 22.2 Å². The van der Waals surface area contributed by atoms with Crippen LogP contribution in [0.25, 0.3) is 22.0 Å². The number of likely N-dealkylation sites (N-methyl/N-ethyl adjacent to an activating group) is 1. The highest BCUT2D eigenvalue weighted by Crippen LogP contribution is 2.31. The average Bonchev–Trinajstić information content (AvgIpc) is 3.10. The molecule has 11 heteroatoms. The van der Waals surface area contributed by atoms with E-state index in [0.29, 0.717) is 54.8 Å². The summed E-state index contributed by atoms with van der Waals surface area (Å²) in [6, 6.07) is 24.0. The molecule has 0 radical (unpaired) electrons. The molecule has 4 aromatic carbocycles. The number of nitrogens with two attached hydrogens (primary N) is 1. The van der Waals surface area contributed by atoms with Crippen molar-refractivity contribution >= 4 is 22.5 Å². The van der Waals surface area contributed by atoms with Crippen molar-refractivity contribution in [2.24, 2.45) is 0 Å². The summed E-state index contributed by atoms with van der Waals surface area (Å²) in [4.78, 5) is 35.6. The monoisotopic (exact) mass is 673 g/mol. The van der Waals surface area contributed by atoms with E-state index in [1.165, 1.54) is 18.2 Å². The fraction of sp³-hybridized carbons (Fsp3) is 0.289. The Kier molecular flexibility index (Phi) is 11.1. The summed E-state index contributed by atoms with van der Waals surface area (Å²) >= 11 is 0. The summed E-state index contributed by atoms with van der Waals surface area (Å²) in [7, 11) is 0. The molecule has 5 rings (SSSR count). The number of aryl methyl sites for hydroxylation is 2. The molecule has 0 bridgehead atoms. The van der Waals surface area contributed by atoms with Gasteiger partial charge in [0.15, 0.2) is 0 Å². The van der Waals surface area contributed by atoms with Crippen LogP contribution in [0.4, 0.5) is 23.2 Å². The molecule has 0 aliphatic heterocycles. The van der Waals surface area contributed by atoms with Gasteiger partial charge >= 0.3 is 6.18 Å². The number of anilines is 1. The number of fused-ring (bicyclic) bond motifs is 1. The average molecular weight is 674 g/mol. The van der Waals surface area contributed by atoms with E-state index in [4.69, 9.17) is 5.73 Å². The van der Waals surface area contributed by atoms with Crippen LogP contribution in [0, 0.1) is 5.82 Å². The maximum Gasteiger partial charge on any atom is 0.416 e. The molecule has 1 amide bonds. The van der Waals surface area contributed by atoms with Crippen molar-refractivity contribution < 1.29 is 22.4 Å². The van der Waals surface area contributed by atoms with E-state index in [1.54, 1.807) is 39.8 Å². The Morgan fingerprint density at radius 3 is 2.10 bits per heavy atom. The Bertz CT molecular complexity index is 1950. The summed E-state index contributed by atoms with van der Waals surface area (Å²) in [6.45, 7) is 7.14. The van der Waals surface area contributed by atoms with Gasteiger partial charge in [0.1, 0.15) is 18.2 Å². The van der Waals surface area contributed by atoms with E-state index < -0.39 is 17.6 Å². The molecule has 49 heavy (non-hydrogen) atoms. The van der Waals surface area contributed by atoms with Crippen LogP contribution < -0.4 is 11.3 Å². The molecule has 0 atom stereocenters. The molecule has 1 heterocycles. The second kappa shape index (κ2) is 15.5. The van der Waals surface area contributed by atoms with E-state index >= 15 is 0 Å². The number of hydrogen-bond donors (Lipinski definition) is 1. The van der Waals surface area contributed by atoms with Gasteiger partial charge in [-0.3, -0.25) is 9.59 Å². The second-order valence-electron chi connectivity index (χ2n) is 11.9. The van der Waals surface area contributed by atoms with E-state index in [2.05, 4.69) is 23.7 Å². The largest absolute Gasteiger partial charge is 0.416 e. The van der Waals surface area contributed by atoms with Crippen LogP contribution in [0.5, 0.6) is 0 Å². The van der Waals surface area contributed by atoms with E-state index in [0.717, 1.165) is 41.9 Å².